The van der Waals surface area contributed by atoms with Crippen LogP contribution in [-0.2, 0) is 21.4 Å². The highest BCUT2D eigenvalue weighted by molar-refractivity contribution is 6.67. The lowest BCUT2D eigenvalue weighted by Crippen LogP contribution is -2.38. The third-order valence-electron chi connectivity index (χ3n) is 4.06. The van der Waals surface area contributed by atoms with Gasteiger partial charge in [-0.3, -0.25) is 0 Å². The summed E-state index contributed by atoms with van der Waals surface area (Å²) in [6, 6.07) is 7.43. The standard InChI is InChI=1S/C16H25F3O2Si/c1-4-22(20-2,21-3)12-7-5-6-9-14-10-8-11-15(13-14)16(17,18)19/h8,10-11,13H,4-7,9,12H2,1-3H3. The van der Waals surface area contributed by atoms with Crippen molar-refractivity contribution >= 4 is 8.56 Å². The lowest BCUT2D eigenvalue weighted by Gasteiger charge is -2.25. The fourth-order valence-electron chi connectivity index (χ4n) is 2.56. The Morgan fingerprint density at radius 1 is 1.05 bits per heavy atom. The summed E-state index contributed by atoms with van der Waals surface area (Å²) in [6.07, 6.45) is -0.759. The second-order valence-electron chi connectivity index (χ2n) is 5.43. The number of rotatable bonds is 9. The van der Waals surface area contributed by atoms with Crippen LogP contribution < -0.4 is 0 Å². The molecular formula is C16H25F3O2Si. The van der Waals surface area contributed by atoms with Gasteiger partial charge in [0.05, 0.1) is 5.56 Å². The van der Waals surface area contributed by atoms with Crippen molar-refractivity contribution in [1.29, 1.82) is 0 Å². The molecule has 1 aromatic carbocycles. The van der Waals surface area contributed by atoms with Crippen LogP contribution in [-0.4, -0.2) is 22.8 Å². The Morgan fingerprint density at radius 2 is 1.73 bits per heavy atom. The van der Waals surface area contributed by atoms with Gasteiger partial charge in [0.2, 0.25) is 0 Å². The molecule has 0 fully saturated rings. The first-order valence-electron chi connectivity index (χ1n) is 7.63. The topological polar surface area (TPSA) is 18.5 Å². The molecule has 0 saturated carbocycles. The maximum atomic E-state index is 12.6. The maximum Gasteiger partial charge on any atom is 0.416 e. The molecule has 0 aliphatic carbocycles. The van der Waals surface area contributed by atoms with Gasteiger partial charge in [-0.05, 0) is 36.6 Å². The third-order valence-corrected chi connectivity index (χ3v) is 7.74. The monoisotopic (exact) mass is 334 g/mol. The number of benzene rings is 1. The lowest BCUT2D eigenvalue weighted by atomic mass is 10.0. The summed E-state index contributed by atoms with van der Waals surface area (Å²) in [5.74, 6) is 0. The molecule has 0 aliphatic heterocycles. The lowest BCUT2D eigenvalue weighted by molar-refractivity contribution is -0.137. The van der Waals surface area contributed by atoms with Gasteiger partial charge in [0.25, 0.3) is 0 Å². The zero-order valence-electron chi connectivity index (χ0n) is 13.5. The highest BCUT2D eigenvalue weighted by Gasteiger charge is 2.32. The van der Waals surface area contributed by atoms with Crippen molar-refractivity contribution < 1.29 is 22.0 Å². The number of hydrogen-bond acceptors (Lipinski definition) is 2. The predicted molar refractivity (Wildman–Crippen MR) is 84.1 cm³/mol. The smallest absolute Gasteiger partial charge is 0.398 e. The Morgan fingerprint density at radius 3 is 2.27 bits per heavy atom. The van der Waals surface area contributed by atoms with Crippen LogP contribution in [0.3, 0.4) is 0 Å². The number of aryl methyl sites for hydroxylation is 1. The number of hydrogen-bond donors (Lipinski definition) is 0. The molecule has 0 heterocycles. The van der Waals surface area contributed by atoms with E-state index in [1.54, 1.807) is 20.3 Å². The van der Waals surface area contributed by atoms with Gasteiger partial charge in [0.1, 0.15) is 0 Å². The molecule has 1 aromatic rings. The molecule has 0 saturated heterocycles. The summed E-state index contributed by atoms with van der Waals surface area (Å²) < 4.78 is 49.0. The van der Waals surface area contributed by atoms with Crippen molar-refractivity contribution in [1.82, 2.24) is 0 Å². The van der Waals surface area contributed by atoms with Crippen LogP contribution >= 0.6 is 0 Å². The minimum Gasteiger partial charge on any atom is -0.398 e. The van der Waals surface area contributed by atoms with E-state index in [-0.39, 0.29) is 0 Å². The zero-order valence-corrected chi connectivity index (χ0v) is 14.5. The molecule has 0 unspecified atom stereocenters. The van der Waals surface area contributed by atoms with Gasteiger partial charge < -0.3 is 8.85 Å². The van der Waals surface area contributed by atoms with Gasteiger partial charge in [-0.15, -0.1) is 0 Å². The summed E-state index contributed by atoms with van der Waals surface area (Å²) >= 11 is 0. The summed E-state index contributed by atoms with van der Waals surface area (Å²) in [4.78, 5) is 0. The Hall–Kier alpha value is -0.853. The summed E-state index contributed by atoms with van der Waals surface area (Å²) in [7, 11) is 1.36. The van der Waals surface area contributed by atoms with Crippen molar-refractivity contribution in [3.8, 4) is 0 Å². The molecule has 0 N–H and O–H groups in total. The van der Waals surface area contributed by atoms with Gasteiger partial charge in [-0.2, -0.15) is 13.2 Å². The second kappa shape index (κ2) is 8.69. The van der Waals surface area contributed by atoms with Gasteiger partial charge >= 0.3 is 14.7 Å². The molecular weight excluding hydrogens is 309 g/mol. The van der Waals surface area contributed by atoms with Crippen molar-refractivity contribution in [2.24, 2.45) is 0 Å². The van der Waals surface area contributed by atoms with E-state index < -0.39 is 20.3 Å². The molecule has 0 bridgehead atoms. The fourth-order valence-corrected chi connectivity index (χ4v) is 4.85. The van der Waals surface area contributed by atoms with E-state index in [0.717, 1.165) is 43.0 Å². The van der Waals surface area contributed by atoms with Crippen LogP contribution in [0, 0.1) is 0 Å². The second-order valence-corrected chi connectivity index (χ2v) is 9.28. The highest BCUT2D eigenvalue weighted by Crippen LogP contribution is 2.30. The van der Waals surface area contributed by atoms with Crippen LogP contribution in [0.25, 0.3) is 0 Å². The van der Waals surface area contributed by atoms with E-state index >= 15 is 0 Å². The van der Waals surface area contributed by atoms with Gasteiger partial charge in [-0.25, -0.2) is 0 Å². The van der Waals surface area contributed by atoms with E-state index in [9.17, 15) is 13.2 Å². The molecule has 2 nitrogen and oxygen atoms in total. The predicted octanol–water partition coefficient (Wildman–Crippen LogP) is 5.17. The SMILES string of the molecule is CC[Si](CCCCCc1cccc(C(F)(F)F)c1)(OC)OC. The Bertz CT molecular complexity index is 437. The molecule has 22 heavy (non-hydrogen) atoms. The van der Waals surface area contributed by atoms with Crippen molar-refractivity contribution in [3.63, 3.8) is 0 Å². The van der Waals surface area contributed by atoms with Gasteiger partial charge in [0.15, 0.2) is 0 Å². The number of alkyl halides is 3. The Kier molecular flexibility index (Phi) is 7.59. The maximum absolute atomic E-state index is 12.6. The summed E-state index contributed by atoms with van der Waals surface area (Å²) in [5.41, 5.74) is 0.175. The molecule has 6 heteroatoms. The van der Waals surface area contributed by atoms with Crippen LogP contribution in [0.4, 0.5) is 13.2 Å². The number of halogens is 3. The van der Waals surface area contributed by atoms with Crippen molar-refractivity contribution in [2.75, 3.05) is 14.2 Å². The first-order valence-corrected chi connectivity index (χ1v) is 9.86. The van der Waals surface area contributed by atoms with Crippen molar-refractivity contribution in [2.45, 2.75) is 50.9 Å². The summed E-state index contributed by atoms with van der Waals surface area (Å²) in [6.45, 7) is 2.07. The fraction of sp³-hybridized carbons (Fsp3) is 0.625. The molecule has 1 rings (SSSR count). The zero-order chi connectivity index (χ0) is 16.6. The Balaban J connectivity index is 2.39. The highest BCUT2D eigenvalue weighted by atomic mass is 28.4. The molecule has 0 aliphatic rings. The van der Waals surface area contributed by atoms with E-state index in [4.69, 9.17) is 8.85 Å². The molecule has 0 radical (unpaired) electrons. The first-order chi connectivity index (χ1) is 10.4. The van der Waals surface area contributed by atoms with Crippen LogP contribution in [0.5, 0.6) is 0 Å². The van der Waals surface area contributed by atoms with Crippen molar-refractivity contribution in [3.05, 3.63) is 35.4 Å². The minimum atomic E-state index is -4.26. The number of unbranched alkanes of at least 4 members (excludes halogenated alkanes) is 2. The van der Waals surface area contributed by atoms with E-state index in [0.29, 0.717) is 6.42 Å². The molecule has 0 atom stereocenters. The average molecular weight is 334 g/mol. The minimum absolute atomic E-state index is 0.568. The molecule has 0 amide bonds. The quantitative estimate of drug-likeness (QED) is 0.458. The third kappa shape index (κ3) is 5.74. The summed E-state index contributed by atoms with van der Waals surface area (Å²) in [5, 5.41) is 0. The van der Waals surface area contributed by atoms with E-state index in [1.165, 1.54) is 12.1 Å². The van der Waals surface area contributed by atoms with E-state index in [2.05, 4.69) is 6.92 Å². The van der Waals surface area contributed by atoms with Crippen LogP contribution in [0.15, 0.2) is 24.3 Å². The van der Waals surface area contributed by atoms with E-state index in [1.807, 2.05) is 0 Å². The van der Waals surface area contributed by atoms with Gasteiger partial charge in [-0.1, -0.05) is 38.0 Å². The average Bonchev–Trinajstić information content (AvgIpc) is 2.51. The van der Waals surface area contributed by atoms with Crippen LogP contribution in [0.1, 0.15) is 37.3 Å². The Labute approximate surface area is 131 Å². The molecule has 126 valence electrons. The van der Waals surface area contributed by atoms with Gasteiger partial charge in [0, 0.05) is 14.2 Å². The normalized spacial score (nSPS) is 12.6. The molecule has 0 spiro atoms. The molecule has 0 aromatic heterocycles. The largest absolute Gasteiger partial charge is 0.416 e. The van der Waals surface area contributed by atoms with Crippen LogP contribution in [0.2, 0.25) is 12.1 Å². The first kappa shape index (κ1) is 19.2.